The first-order valence-electron chi connectivity index (χ1n) is 19.3. The Bertz CT molecular complexity index is 2780. The number of aromatic nitrogens is 2. The Balaban J connectivity index is 1.03. The number of fused-ring (bicyclic) bond motifs is 9. The van der Waals surface area contributed by atoms with Gasteiger partial charge < -0.3 is 4.74 Å². The van der Waals surface area contributed by atoms with Gasteiger partial charge in [-0.25, -0.2) is 9.97 Å². The summed E-state index contributed by atoms with van der Waals surface area (Å²) in [5.74, 6) is 3.06. The van der Waals surface area contributed by atoms with Gasteiger partial charge in [0.05, 0.1) is 16.8 Å². The van der Waals surface area contributed by atoms with Crippen LogP contribution in [0.5, 0.6) is 11.5 Å². The van der Waals surface area contributed by atoms with Gasteiger partial charge in [0.15, 0.2) is 5.82 Å². The highest BCUT2D eigenvalue weighted by molar-refractivity contribution is 5.85. The molecular formula is C53H36N2O. The van der Waals surface area contributed by atoms with Crippen LogP contribution in [0.3, 0.4) is 0 Å². The molecule has 56 heavy (non-hydrogen) atoms. The van der Waals surface area contributed by atoms with Crippen molar-refractivity contribution in [3.63, 3.8) is 0 Å². The Hall–Kier alpha value is -7.10. The lowest BCUT2D eigenvalue weighted by molar-refractivity contribution is 0.375. The molecule has 3 unspecified atom stereocenters. The highest BCUT2D eigenvalue weighted by Gasteiger charge is 2.56. The van der Waals surface area contributed by atoms with Gasteiger partial charge in [0, 0.05) is 45.2 Å². The normalized spacial score (nSPS) is 18.4. The summed E-state index contributed by atoms with van der Waals surface area (Å²) in [5, 5.41) is 0. The topological polar surface area (TPSA) is 35.0 Å². The van der Waals surface area contributed by atoms with Crippen molar-refractivity contribution in [2.45, 2.75) is 11.3 Å². The smallest absolute Gasteiger partial charge is 0.161 e. The van der Waals surface area contributed by atoms with Crippen LogP contribution < -0.4 is 4.74 Å². The highest BCUT2D eigenvalue weighted by atomic mass is 16.5. The molecule has 264 valence electrons. The van der Waals surface area contributed by atoms with E-state index >= 15 is 0 Å². The van der Waals surface area contributed by atoms with E-state index in [9.17, 15) is 0 Å². The minimum absolute atomic E-state index is 0.229. The van der Waals surface area contributed by atoms with E-state index in [-0.39, 0.29) is 11.3 Å². The predicted molar refractivity (Wildman–Crippen MR) is 227 cm³/mol. The molecule has 0 fully saturated rings. The Morgan fingerprint density at radius 3 is 1.71 bits per heavy atom. The molecular weight excluding hydrogens is 681 g/mol. The van der Waals surface area contributed by atoms with E-state index < -0.39 is 0 Å². The minimum atomic E-state index is -0.380. The van der Waals surface area contributed by atoms with E-state index in [2.05, 4.69) is 194 Å². The second kappa shape index (κ2) is 13.0. The number of hydrogen-bond acceptors (Lipinski definition) is 3. The van der Waals surface area contributed by atoms with Crippen molar-refractivity contribution in [3.05, 3.63) is 229 Å². The zero-order valence-electron chi connectivity index (χ0n) is 30.6. The maximum Gasteiger partial charge on any atom is 0.161 e. The monoisotopic (exact) mass is 716 g/mol. The molecule has 3 nitrogen and oxygen atoms in total. The van der Waals surface area contributed by atoms with Gasteiger partial charge in [0.25, 0.3) is 0 Å². The SMILES string of the molecule is C1=CC2c3ccccc3C3(c4ccccc4Oc4c(-c5ccc(-c6ccccc6-c6nc(-c7ccccc7)cc(-c7ccccc7)n6)cc5)cccc43)C2C=C1. The van der Waals surface area contributed by atoms with Crippen molar-refractivity contribution in [2.75, 3.05) is 0 Å². The standard InChI is InChI=1S/C53H36N2O/c1-3-16-37(17-4-1)48-34-49(38-18-5-2-6-19-38)55-52(54-48)43-23-8-7-20-39(43)35-30-32-36(33-31-35)40-24-15-28-47-51(40)56-50-29-14-13-27-46(50)53(47)44-25-11-9-21-41(44)42-22-10-12-26-45(42)53/h1-34,41,44H. The van der Waals surface area contributed by atoms with E-state index in [1.54, 1.807) is 0 Å². The largest absolute Gasteiger partial charge is 0.456 e. The fourth-order valence-electron chi connectivity index (χ4n) is 9.46. The number of para-hydroxylation sites is 2. The lowest BCUT2D eigenvalue weighted by atomic mass is 9.61. The molecule has 0 radical (unpaired) electrons. The lowest BCUT2D eigenvalue weighted by Crippen LogP contribution is -2.37. The second-order valence-corrected chi connectivity index (χ2v) is 14.8. The first-order valence-corrected chi connectivity index (χ1v) is 19.3. The number of rotatable bonds is 5. The summed E-state index contributed by atoms with van der Waals surface area (Å²) < 4.78 is 6.97. The van der Waals surface area contributed by atoms with Gasteiger partial charge in [-0.3, -0.25) is 0 Å². The molecule has 0 saturated carbocycles. The lowest BCUT2D eigenvalue weighted by Gasteiger charge is -2.43. The van der Waals surface area contributed by atoms with Crippen LogP contribution in [0.25, 0.3) is 56.2 Å². The van der Waals surface area contributed by atoms with Crippen LogP contribution in [-0.2, 0) is 5.41 Å². The average molecular weight is 717 g/mol. The maximum atomic E-state index is 6.97. The van der Waals surface area contributed by atoms with Crippen LogP contribution in [0.4, 0.5) is 0 Å². The molecule has 3 aliphatic rings. The molecule has 11 rings (SSSR count). The van der Waals surface area contributed by atoms with Gasteiger partial charge in [-0.2, -0.15) is 0 Å². The number of ether oxygens (including phenoxy) is 1. The van der Waals surface area contributed by atoms with Gasteiger partial charge in [0.2, 0.25) is 0 Å². The van der Waals surface area contributed by atoms with Gasteiger partial charge in [-0.15, -0.1) is 0 Å². The van der Waals surface area contributed by atoms with E-state index in [1.807, 2.05) is 12.1 Å². The van der Waals surface area contributed by atoms with Crippen LogP contribution in [0.1, 0.15) is 28.2 Å². The highest BCUT2D eigenvalue weighted by Crippen LogP contribution is 2.65. The van der Waals surface area contributed by atoms with Crippen LogP contribution in [0.2, 0.25) is 0 Å². The molecule has 1 spiro atoms. The Labute approximate surface area is 327 Å². The van der Waals surface area contributed by atoms with Crippen molar-refractivity contribution in [2.24, 2.45) is 5.92 Å². The quantitative estimate of drug-likeness (QED) is 0.178. The molecule has 1 aromatic heterocycles. The fourth-order valence-corrected chi connectivity index (χ4v) is 9.46. The van der Waals surface area contributed by atoms with Crippen LogP contribution >= 0.6 is 0 Å². The summed E-state index contributed by atoms with van der Waals surface area (Å²) in [7, 11) is 0. The van der Waals surface area contributed by atoms with E-state index in [1.165, 1.54) is 22.3 Å². The van der Waals surface area contributed by atoms with Crippen molar-refractivity contribution < 1.29 is 4.74 Å². The van der Waals surface area contributed by atoms with Crippen LogP contribution in [0, 0.1) is 5.92 Å². The fraction of sp³-hybridized carbons (Fsp3) is 0.0566. The summed E-state index contributed by atoms with van der Waals surface area (Å²) in [6.45, 7) is 0. The first kappa shape index (κ1) is 32.3. The number of hydrogen-bond donors (Lipinski definition) is 0. The predicted octanol–water partition coefficient (Wildman–Crippen LogP) is 13.1. The Morgan fingerprint density at radius 2 is 0.982 bits per heavy atom. The second-order valence-electron chi connectivity index (χ2n) is 14.8. The zero-order valence-corrected chi connectivity index (χ0v) is 30.6. The molecule has 0 bridgehead atoms. The summed E-state index contributed by atoms with van der Waals surface area (Å²) in [6, 6.07) is 64.5. The van der Waals surface area contributed by atoms with E-state index in [4.69, 9.17) is 14.7 Å². The minimum Gasteiger partial charge on any atom is -0.456 e. The number of benzene rings is 7. The molecule has 1 aliphatic heterocycles. The van der Waals surface area contributed by atoms with E-state index in [0.29, 0.717) is 11.7 Å². The molecule has 8 aromatic rings. The maximum absolute atomic E-state index is 6.97. The molecule has 0 amide bonds. The molecule has 0 N–H and O–H groups in total. The molecule has 3 heteroatoms. The van der Waals surface area contributed by atoms with Gasteiger partial charge in [-0.05, 0) is 39.9 Å². The molecule has 0 saturated heterocycles. The zero-order chi connectivity index (χ0) is 37.1. The van der Waals surface area contributed by atoms with Gasteiger partial charge in [-0.1, -0.05) is 194 Å². The number of allylic oxidation sites excluding steroid dienone is 4. The third-order valence-corrected chi connectivity index (χ3v) is 11.9. The summed E-state index contributed by atoms with van der Waals surface area (Å²) in [4.78, 5) is 10.3. The van der Waals surface area contributed by atoms with Gasteiger partial charge >= 0.3 is 0 Å². The Morgan fingerprint density at radius 1 is 0.429 bits per heavy atom. The first-order chi connectivity index (χ1) is 27.8. The van der Waals surface area contributed by atoms with Crippen molar-refractivity contribution >= 4 is 0 Å². The number of nitrogens with zero attached hydrogens (tertiary/aromatic N) is 2. The van der Waals surface area contributed by atoms with Crippen molar-refractivity contribution in [1.82, 2.24) is 9.97 Å². The molecule has 7 aromatic carbocycles. The van der Waals surface area contributed by atoms with Gasteiger partial charge in [0.1, 0.15) is 11.5 Å². The third-order valence-electron chi connectivity index (χ3n) is 11.9. The van der Waals surface area contributed by atoms with Crippen molar-refractivity contribution in [1.29, 1.82) is 0 Å². The summed E-state index contributed by atoms with van der Waals surface area (Å²) >= 11 is 0. The van der Waals surface area contributed by atoms with Crippen LogP contribution in [0.15, 0.2) is 206 Å². The molecule has 2 aliphatic carbocycles. The summed E-state index contributed by atoms with van der Waals surface area (Å²) in [6.07, 6.45) is 9.21. The third kappa shape index (κ3) is 4.98. The summed E-state index contributed by atoms with van der Waals surface area (Å²) in [5.41, 5.74) is 14.1. The van der Waals surface area contributed by atoms with Crippen LogP contribution in [-0.4, -0.2) is 9.97 Å². The van der Waals surface area contributed by atoms with E-state index in [0.717, 1.165) is 61.8 Å². The molecule has 2 heterocycles. The molecule has 3 atom stereocenters. The Kier molecular flexibility index (Phi) is 7.53. The average Bonchev–Trinajstić information content (AvgIpc) is 3.57. The van der Waals surface area contributed by atoms with Crippen molar-refractivity contribution in [3.8, 4) is 67.7 Å².